The van der Waals surface area contributed by atoms with Gasteiger partial charge in [0.15, 0.2) is 5.40 Å². The van der Waals surface area contributed by atoms with Crippen LogP contribution in [0.2, 0.25) is 0 Å². The van der Waals surface area contributed by atoms with Crippen LogP contribution in [-0.4, -0.2) is 5.40 Å². The maximum absolute atomic E-state index is 9.79. The van der Waals surface area contributed by atoms with Crippen LogP contribution < -0.4 is 0 Å². The molecule has 0 fully saturated rings. The summed E-state index contributed by atoms with van der Waals surface area (Å²) in [6, 6.07) is 0. The predicted octanol–water partition coefficient (Wildman–Crippen LogP) is 1.68. The number of hydrogen-bond acceptors (Lipinski definition) is 4. The minimum absolute atomic E-state index is 1.12. The molecule has 8 heavy (non-hydrogen) atoms. The van der Waals surface area contributed by atoms with Gasteiger partial charge >= 0.3 is 15.4 Å². The van der Waals surface area contributed by atoms with E-state index in [9.17, 15) is 18.3 Å². The van der Waals surface area contributed by atoms with Crippen LogP contribution in [0.3, 0.4) is 0 Å². The monoisotopic (exact) mass is 154 g/mol. The summed E-state index contributed by atoms with van der Waals surface area (Å²) < 4.78 is 39.2. The molecule has 0 heterocycles. The van der Waals surface area contributed by atoms with E-state index in [1.54, 1.807) is 0 Å². The highest BCUT2D eigenvalue weighted by atomic mass is 31.1. The first-order chi connectivity index (χ1) is 3.55. The van der Waals surface area contributed by atoms with Crippen LogP contribution >= 0.6 is 15.4 Å². The van der Waals surface area contributed by atoms with Crippen molar-refractivity contribution in [1.29, 1.82) is 0 Å². The van der Waals surface area contributed by atoms with E-state index in [1.165, 1.54) is 0 Å². The Balaban J connectivity index is 4.27. The van der Waals surface area contributed by atoms with Crippen molar-refractivity contribution in [3.63, 3.8) is 0 Å². The summed E-state index contributed by atoms with van der Waals surface area (Å²) in [6.07, 6.45) is 0. The third kappa shape index (κ3) is 2.20. The van der Waals surface area contributed by atoms with Gasteiger partial charge in [0.2, 0.25) is 0 Å². The van der Waals surface area contributed by atoms with Gasteiger partial charge in [-0.1, -0.05) is 0 Å². The van der Waals surface area contributed by atoms with Crippen molar-refractivity contribution >= 4 is 15.4 Å². The summed E-state index contributed by atoms with van der Waals surface area (Å²) in [5, 5.41) is -1.22. The van der Waals surface area contributed by atoms with Crippen LogP contribution in [0.5, 0.6) is 0 Å². The van der Waals surface area contributed by atoms with Crippen molar-refractivity contribution in [3.8, 4) is 0 Å². The largest absolute Gasteiger partial charge is 0.333 e. The lowest BCUT2D eigenvalue weighted by Gasteiger charge is -1.77. The van der Waals surface area contributed by atoms with Crippen LogP contribution in [0.15, 0.2) is 0 Å². The van der Waals surface area contributed by atoms with Gasteiger partial charge < -0.3 is 0 Å². The van der Waals surface area contributed by atoms with E-state index >= 15 is 0 Å². The summed E-state index contributed by atoms with van der Waals surface area (Å²) in [5.74, 6) is 0. The molecule has 0 N–H and O–H groups in total. The summed E-state index contributed by atoms with van der Waals surface area (Å²) in [6.45, 7) is 1.12. The van der Waals surface area contributed by atoms with Crippen molar-refractivity contribution in [2.45, 2.75) is 12.3 Å². The minimum atomic E-state index is -2.80. The Morgan fingerprint density at radius 1 is 1.00 bits per heavy atom. The van der Waals surface area contributed by atoms with Gasteiger partial charge in [-0.05, 0) is 6.92 Å². The fourth-order valence-corrected chi connectivity index (χ4v) is 0.693. The molecule has 0 saturated heterocycles. The highest BCUT2D eigenvalue weighted by molar-refractivity contribution is 7.51. The normalized spacial score (nSPS) is 9.25. The minimum Gasteiger partial charge on any atom is -0.236 e. The molecule has 0 aliphatic rings. The average Bonchev–Trinajstić information content (AvgIpc) is 1.64. The van der Waals surface area contributed by atoms with Gasteiger partial charge in [-0.25, -0.2) is 18.3 Å². The molecule has 0 aliphatic carbocycles. The zero-order valence-corrected chi connectivity index (χ0v) is 5.89. The van der Waals surface area contributed by atoms with Gasteiger partial charge in [-0.2, -0.15) is 0 Å². The fraction of sp³-hybridized carbons (Fsp3) is 1.00. The number of hydrogen-bond donors (Lipinski definition) is 0. The first-order valence-electron chi connectivity index (χ1n) is 1.82. The van der Waals surface area contributed by atoms with Crippen molar-refractivity contribution in [2.75, 3.05) is 0 Å². The predicted molar refractivity (Wildman–Crippen MR) is 26.0 cm³/mol. The molecule has 0 rings (SSSR count). The molecular formula is C2H4O4P2. The molecule has 0 unspecified atom stereocenters. The molecule has 46 valence electrons. The zero-order valence-electron chi connectivity index (χ0n) is 4.10. The average molecular weight is 154 g/mol. The highest BCUT2D eigenvalue weighted by Gasteiger charge is 2.12. The van der Waals surface area contributed by atoms with Crippen LogP contribution in [0.4, 0.5) is 0 Å². The molecule has 0 radical (unpaired) electrons. The Morgan fingerprint density at radius 3 is 1.25 bits per heavy atom. The maximum Gasteiger partial charge on any atom is 0.333 e. The Bertz CT molecular complexity index is 162. The number of rotatable bonds is 2. The van der Waals surface area contributed by atoms with Crippen LogP contribution in [0.25, 0.3) is 0 Å². The smallest absolute Gasteiger partial charge is 0.236 e. The summed E-state index contributed by atoms with van der Waals surface area (Å²) in [7, 11) is -5.59. The molecule has 0 amide bonds. The van der Waals surface area contributed by atoms with Crippen LogP contribution in [0, 0.1) is 0 Å². The lowest BCUT2D eigenvalue weighted by molar-refractivity contribution is 0.499. The second kappa shape index (κ2) is 2.95. The SMILES string of the molecule is CC(P(=O)=O)P(=O)=O. The first kappa shape index (κ1) is 7.80. The summed E-state index contributed by atoms with van der Waals surface area (Å²) >= 11 is 0. The molecule has 0 spiro atoms. The van der Waals surface area contributed by atoms with Gasteiger partial charge in [0, 0.05) is 0 Å². The van der Waals surface area contributed by atoms with Gasteiger partial charge in [0.25, 0.3) is 0 Å². The summed E-state index contributed by atoms with van der Waals surface area (Å²) in [5.41, 5.74) is 0. The standard InChI is InChI=1S/C2H4O4P2/c1-2(7(3)4)8(5)6/h2H,1H3. The lowest BCUT2D eigenvalue weighted by Crippen LogP contribution is -1.74. The molecule has 0 saturated carbocycles. The molecule has 0 aromatic heterocycles. The van der Waals surface area contributed by atoms with Gasteiger partial charge in [0.05, 0.1) is 0 Å². The maximum atomic E-state index is 9.79. The third-order valence-corrected chi connectivity index (χ3v) is 2.96. The van der Waals surface area contributed by atoms with E-state index in [-0.39, 0.29) is 0 Å². The van der Waals surface area contributed by atoms with E-state index in [2.05, 4.69) is 0 Å². The van der Waals surface area contributed by atoms with E-state index in [4.69, 9.17) is 0 Å². The van der Waals surface area contributed by atoms with Gasteiger partial charge in [-0.15, -0.1) is 0 Å². The van der Waals surface area contributed by atoms with E-state index in [1.807, 2.05) is 0 Å². The van der Waals surface area contributed by atoms with Crippen molar-refractivity contribution in [3.05, 3.63) is 0 Å². The van der Waals surface area contributed by atoms with Crippen molar-refractivity contribution < 1.29 is 18.3 Å². The third-order valence-electron chi connectivity index (χ3n) is 0.610. The van der Waals surface area contributed by atoms with Gasteiger partial charge in [-0.3, -0.25) is 0 Å². The van der Waals surface area contributed by atoms with E-state index < -0.39 is 20.8 Å². The van der Waals surface area contributed by atoms with Crippen LogP contribution in [0.1, 0.15) is 6.92 Å². The quantitative estimate of drug-likeness (QED) is 0.567. The van der Waals surface area contributed by atoms with Crippen molar-refractivity contribution in [1.82, 2.24) is 0 Å². The molecule has 4 nitrogen and oxygen atoms in total. The molecule has 0 aromatic rings. The van der Waals surface area contributed by atoms with E-state index in [0.29, 0.717) is 0 Å². The lowest BCUT2D eigenvalue weighted by atomic mass is 11.0. The Hall–Kier alpha value is -0.200. The summed E-state index contributed by atoms with van der Waals surface area (Å²) in [4.78, 5) is 0. The molecule has 0 bridgehead atoms. The van der Waals surface area contributed by atoms with Crippen molar-refractivity contribution in [2.24, 2.45) is 0 Å². The van der Waals surface area contributed by atoms with Crippen LogP contribution in [-0.2, 0) is 18.3 Å². The molecule has 0 aromatic carbocycles. The van der Waals surface area contributed by atoms with Gasteiger partial charge in [0.1, 0.15) is 0 Å². The molecule has 6 heteroatoms. The molecule has 0 atom stereocenters. The second-order valence-corrected chi connectivity index (χ2v) is 4.30. The molecule has 0 aliphatic heterocycles. The zero-order chi connectivity index (χ0) is 6.73. The molecular weight excluding hydrogens is 150 g/mol. The Kier molecular flexibility index (Phi) is 2.88. The van der Waals surface area contributed by atoms with E-state index in [0.717, 1.165) is 6.92 Å². The highest BCUT2D eigenvalue weighted by Crippen LogP contribution is 2.28. The Morgan fingerprint density at radius 2 is 1.25 bits per heavy atom. The second-order valence-electron chi connectivity index (χ2n) is 1.20. The fourth-order valence-electron chi connectivity index (χ4n) is 0.0770. The topological polar surface area (TPSA) is 68.3 Å². The Labute approximate surface area is 46.9 Å². The first-order valence-corrected chi connectivity index (χ1v) is 4.32.